The molecule has 2 saturated heterocycles. The van der Waals surface area contributed by atoms with Crippen molar-refractivity contribution in [3.8, 4) is 5.75 Å². The molecule has 0 unspecified atom stereocenters. The lowest BCUT2D eigenvalue weighted by Gasteiger charge is -2.44. The van der Waals surface area contributed by atoms with Crippen LogP contribution in [0.4, 0.5) is 0 Å². The number of aromatic hydroxyl groups is 1. The Morgan fingerprint density at radius 2 is 1.74 bits per heavy atom. The maximum absolute atomic E-state index is 13.7. The van der Waals surface area contributed by atoms with Gasteiger partial charge in [-0.05, 0) is 49.1 Å². The molecule has 2 heterocycles. The lowest BCUT2D eigenvalue weighted by Crippen LogP contribution is -2.53. The maximum Gasteiger partial charge on any atom is 0.233 e. The number of likely N-dealkylation sites (tertiary alicyclic amines) is 1. The Kier molecular flexibility index (Phi) is 5.23. The van der Waals surface area contributed by atoms with Crippen molar-refractivity contribution in [1.82, 2.24) is 4.90 Å². The Morgan fingerprint density at radius 1 is 1.00 bits per heavy atom. The molecule has 2 N–H and O–H groups in total. The third-order valence-corrected chi connectivity index (χ3v) is 9.11. The highest BCUT2D eigenvalue weighted by Crippen LogP contribution is 2.59. The average Bonchev–Trinajstić information content (AvgIpc) is 3.33. The summed E-state index contributed by atoms with van der Waals surface area (Å²) in [6, 6.07) is 11.2. The molecule has 2 saturated carbocycles. The van der Waals surface area contributed by atoms with Crippen molar-refractivity contribution in [3.05, 3.63) is 42.0 Å². The van der Waals surface area contributed by atoms with Crippen molar-refractivity contribution < 1.29 is 24.5 Å². The van der Waals surface area contributed by atoms with E-state index in [-0.39, 0.29) is 35.4 Å². The predicted octanol–water partition coefficient (Wildman–Crippen LogP) is 4.68. The van der Waals surface area contributed by atoms with Gasteiger partial charge < -0.3 is 14.9 Å². The number of benzene rings is 2. The van der Waals surface area contributed by atoms with E-state index >= 15 is 0 Å². The molecule has 34 heavy (non-hydrogen) atoms. The standard InChI is InChI=1S/C28H33NO5/c1-2-16-14-21-25(27(32)29(26(21)31)17-8-4-3-5-9-17)22-15-24(34-28(16,22)33)20-12-13-23(30)19-11-7-6-10-18(19)20/h6-7,10-13,16-17,21-22,24-25,30,33H,2-5,8-9,14-15H2,1H3/t16-,21-,22-,24-,25-,28+/m0/s1. The van der Waals surface area contributed by atoms with E-state index in [2.05, 4.69) is 0 Å². The SMILES string of the molecule is CC[C@H]1C[C@@H]2C(=O)N(C3CCCCC3)C(=O)[C@@H]2[C@@H]2C[C@@H](c3ccc(O)c4ccccc34)O[C@]12O. The largest absolute Gasteiger partial charge is 0.507 e. The van der Waals surface area contributed by atoms with Gasteiger partial charge in [-0.25, -0.2) is 0 Å². The van der Waals surface area contributed by atoms with Gasteiger partial charge in [0.2, 0.25) is 11.8 Å². The second-order valence-corrected chi connectivity index (χ2v) is 10.7. The average molecular weight is 464 g/mol. The van der Waals surface area contributed by atoms with Gasteiger partial charge in [0, 0.05) is 23.3 Å². The molecule has 0 bridgehead atoms. The molecule has 0 aromatic heterocycles. The van der Waals surface area contributed by atoms with Gasteiger partial charge in [-0.1, -0.05) is 56.5 Å². The molecule has 6 heteroatoms. The minimum absolute atomic E-state index is 0.00619. The van der Waals surface area contributed by atoms with E-state index in [1.54, 1.807) is 11.0 Å². The summed E-state index contributed by atoms with van der Waals surface area (Å²) in [7, 11) is 0. The number of phenols is 1. The molecule has 4 fully saturated rings. The molecule has 2 aromatic carbocycles. The highest BCUT2D eigenvalue weighted by Gasteiger charge is 2.66. The minimum Gasteiger partial charge on any atom is -0.507 e. The summed E-state index contributed by atoms with van der Waals surface area (Å²) in [5.74, 6) is -2.84. The molecular weight excluding hydrogens is 430 g/mol. The fourth-order valence-corrected chi connectivity index (χ4v) is 7.45. The third kappa shape index (κ3) is 3.07. The first-order chi connectivity index (χ1) is 16.4. The summed E-state index contributed by atoms with van der Waals surface area (Å²) >= 11 is 0. The van der Waals surface area contributed by atoms with E-state index in [0.717, 1.165) is 48.4 Å². The molecule has 2 aliphatic carbocycles. The first-order valence-corrected chi connectivity index (χ1v) is 12.9. The van der Waals surface area contributed by atoms with Crippen LogP contribution in [0.5, 0.6) is 5.75 Å². The number of imide groups is 1. The van der Waals surface area contributed by atoms with E-state index in [0.29, 0.717) is 19.3 Å². The molecule has 6 rings (SSSR count). The Balaban J connectivity index is 1.38. The lowest BCUT2D eigenvalue weighted by atomic mass is 9.64. The number of fused-ring (bicyclic) bond motifs is 4. The summed E-state index contributed by atoms with van der Waals surface area (Å²) in [5.41, 5.74) is 0.906. The quantitative estimate of drug-likeness (QED) is 0.646. The fraction of sp³-hybridized carbons (Fsp3) is 0.571. The van der Waals surface area contributed by atoms with E-state index < -0.39 is 23.7 Å². The Labute approximate surface area is 199 Å². The number of aliphatic hydroxyl groups is 1. The molecule has 6 atom stereocenters. The number of amides is 2. The number of carbonyl (C=O) groups excluding carboxylic acids is 2. The molecule has 2 aromatic rings. The smallest absolute Gasteiger partial charge is 0.233 e. The summed E-state index contributed by atoms with van der Waals surface area (Å²) < 4.78 is 6.45. The number of hydrogen-bond donors (Lipinski definition) is 2. The number of nitrogens with zero attached hydrogens (tertiary/aromatic N) is 1. The molecule has 4 aliphatic rings. The van der Waals surface area contributed by atoms with Gasteiger partial charge in [0.05, 0.1) is 17.9 Å². The molecule has 2 aliphatic heterocycles. The highest BCUT2D eigenvalue weighted by atomic mass is 16.6. The number of rotatable bonds is 3. The van der Waals surface area contributed by atoms with Crippen molar-refractivity contribution in [1.29, 1.82) is 0 Å². The molecule has 2 amide bonds. The van der Waals surface area contributed by atoms with E-state index in [1.165, 1.54) is 0 Å². The predicted molar refractivity (Wildman–Crippen MR) is 127 cm³/mol. The third-order valence-electron chi connectivity index (χ3n) is 9.11. The van der Waals surface area contributed by atoms with Crippen LogP contribution in [0, 0.1) is 23.7 Å². The zero-order chi connectivity index (χ0) is 23.6. The molecule has 0 radical (unpaired) electrons. The van der Waals surface area contributed by atoms with Crippen molar-refractivity contribution >= 4 is 22.6 Å². The fourth-order valence-electron chi connectivity index (χ4n) is 7.45. The Morgan fingerprint density at radius 3 is 2.47 bits per heavy atom. The maximum atomic E-state index is 13.7. The normalized spacial score (nSPS) is 36.2. The minimum atomic E-state index is -1.43. The van der Waals surface area contributed by atoms with E-state index in [4.69, 9.17) is 4.74 Å². The summed E-state index contributed by atoms with van der Waals surface area (Å²) in [4.78, 5) is 28.8. The van der Waals surface area contributed by atoms with Gasteiger partial charge in [-0.15, -0.1) is 0 Å². The van der Waals surface area contributed by atoms with Gasteiger partial charge in [0.1, 0.15) is 5.75 Å². The molecular formula is C28H33NO5. The van der Waals surface area contributed by atoms with Crippen molar-refractivity contribution in [3.63, 3.8) is 0 Å². The van der Waals surface area contributed by atoms with Crippen LogP contribution >= 0.6 is 0 Å². The van der Waals surface area contributed by atoms with E-state index in [9.17, 15) is 19.8 Å². The number of ether oxygens (including phenoxy) is 1. The number of hydrogen-bond acceptors (Lipinski definition) is 5. The van der Waals surface area contributed by atoms with Crippen molar-refractivity contribution in [2.75, 3.05) is 0 Å². The second kappa shape index (κ2) is 8.06. The first kappa shape index (κ1) is 22.1. The van der Waals surface area contributed by atoms with Crippen LogP contribution in [0.25, 0.3) is 10.8 Å². The molecule has 180 valence electrons. The van der Waals surface area contributed by atoms with Crippen LogP contribution in [0.3, 0.4) is 0 Å². The highest BCUT2D eigenvalue weighted by molar-refractivity contribution is 6.06. The Hall–Kier alpha value is -2.44. The van der Waals surface area contributed by atoms with Crippen molar-refractivity contribution in [2.45, 2.75) is 76.2 Å². The topological polar surface area (TPSA) is 87.1 Å². The zero-order valence-electron chi connectivity index (χ0n) is 19.7. The van der Waals surface area contributed by atoms with Crippen LogP contribution in [-0.4, -0.2) is 38.8 Å². The van der Waals surface area contributed by atoms with Gasteiger partial charge in [0.15, 0.2) is 5.79 Å². The molecule has 0 spiro atoms. The summed E-state index contributed by atoms with van der Waals surface area (Å²) in [5, 5.41) is 23.9. The van der Waals surface area contributed by atoms with Crippen molar-refractivity contribution in [2.24, 2.45) is 23.7 Å². The summed E-state index contributed by atoms with van der Waals surface area (Å²) in [6.45, 7) is 2.02. The van der Waals surface area contributed by atoms with Crippen LogP contribution in [0.2, 0.25) is 0 Å². The van der Waals surface area contributed by atoms with Crippen LogP contribution < -0.4 is 0 Å². The summed E-state index contributed by atoms with van der Waals surface area (Å²) in [6.07, 6.45) is 6.32. The number of phenolic OH excluding ortho intramolecular Hbond substituents is 1. The van der Waals surface area contributed by atoms with Gasteiger partial charge >= 0.3 is 0 Å². The van der Waals surface area contributed by atoms with E-state index in [1.807, 2.05) is 37.3 Å². The molecule has 6 nitrogen and oxygen atoms in total. The van der Waals surface area contributed by atoms with Gasteiger partial charge in [-0.2, -0.15) is 0 Å². The lowest BCUT2D eigenvalue weighted by molar-refractivity contribution is -0.269. The van der Waals surface area contributed by atoms with Gasteiger partial charge in [-0.3, -0.25) is 14.5 Å². The monoisotopic (exact) mass is 463 g/mol. The van der Waals surface area contributed by atoms with Gasteiger partial charge in [0.25, 0.3) is 0 Å². The van der Waals surface area contributed by atoms with Crippen LogP contribution in [-0.2, 0) is 14.3 Å². The zero-order valence-corrected chi connectivity index (χ0v) is 19.7. The first-order valence-electron chi connectivity index (χ1n) is 12.9. The van der Waals surface area contributed by atoms with Crippen LogP contribution in [0.15, 0.2) is 36.4 Å². The number of carbonyl (C=O) groups is 2. The van der Waals surface area contributed by atoms with Crippen LogP contribution in [0.1, 0.15) is 70.0 Å². The Bertz CT molecular complexity index is 1140. The second-order valence-electron chi connectivity index (χ2n) is 10.7.